The van der Waals surface area contributed by atoms with Crippen LogP contribution in [-0.4, -0.2) is 25.2 Å². The molecule has 0 saturated carbocycles. The molecule has 1 saturated heterocycles. The molecule has 0 spiro atoms. The molecular weight excluding hydrogens is 358 g/mol. The summed E-state index contributed by atoms with van der Waals surface area (Å²) in [5.74, 6) is 0.526. The van der Waals surface area contributed by atoms with Crippen molar-refractivity contribution in [2.24, 2.45) is 0 Å². The van der Waals surface area contributed by atoms with Crippen LogP contribution < -0.4 is 9.46 Å². The van der Waals surface area contributed by atoms with Crippen LogP contribution in [0.2, 0.25) is 0 Å². The minimum absolute atomic E-state index is 0.153. The fourth-order valence-corrected chi connectivity index (χ4v) is 4.54. The smallest absolute Gasteiger partial charge is 0.418 e. The van der Waals surface area contributed by atoms with Crippen LogP contribution in [0, 0.1) is 0 Å². The number of nitrogens with one attached hydrogen (secondary N) is 1. The maximum Gasteiger partial charge on any atom is 0.418 e. The summed E-state index contributed by atoms with van der Waals surface area (Å²) in [5, 5.41) is 8.73. The quantitative estimate of drug-likeness (QED) is 0.799. The number of carbonyl (C=O) groups is 1. The predicted molar refractivity (Wildman–Crippen MR) is 91.4 cm³/mol. The molecule has 1 fully saturated rings. The van der Waals surface area contributed by atoms with Crippen LogP contribution in [0.4, 0.5) is 4.79 Å². The van der Waals surface area contributed by atoms with Gasteiger partial charge in [-0.25, -0.2) is 17.9 Å². The number of sulfonamides is 1. The molecule has 2 aliphatic rings. The largest absolute Gasteiger partial charge is 0.484 e. The van der Waals surface area contributed by atoms with Crippen molar-refractivity contribution in [1.29, 1.82) is 0 Å². The Kier molecular flexibility index (Phi) is 3.38. The zero-order valence-electron chi connectivity index (χ0n) is 14.1. The second-order valence-corrected chi connectivity index (χ2v) is 8.50. The van der Waals surface area contributed by atoms with Gasteiger partial charge < -0.3 is 14.6 Å². The number of benzene rings is 2. The molecule has 8 heteroatoms. The molecule has 2 unspecified atom stereocenters. The fourth-order valence-electron chi connectivity index (χ4n) is 3.66. The van der Waals surface area contributed by atoms with Crippen molar-refractivity contribution < 1.29 is 27.8 Å². The highest BCUT2D eigenvalue weighted by Gasteiger charge is 2.71. The second-order valence-electron chi connectivity index (χ2n) is 6.82. The minimum atomic E-state index is -4.17. The van der Waals surface area contributed by atoms with E-state index in [-0.39, 0.29) is 11.0 Å². The lowest BCUT2D eigenvalue weighted by Crippen LogP contribution is -2.46. The van der Waals surface area contributed by atoms with Crippen LogP contribution >= 0.6 is 0 Å². The normalized spacial score (nSPS) is 25.4. The monoisotopic (exact) mass is 375 g/mol. The number of carboxylic acid groups (broad SMARTS) is 1. The molecule has 7 nitrogen and oxygen atoms in total. The van der Waals surface area contributed by atoms with Gasteiger partial charge in [0.15, 0.2) is 5.60 Å². The maximum atomic E-state index is 12.2. The van der Waals surface area contributed by atoms with Crippen molar-refractivity contribution in [2.45, 2.75) is 36.0 Å². The molecule has 2 aliphatic heterocycles. The van der Waals surface area contributed by atoms with Gasteiger partial charge >= 0.3 is 6.09 Å². The first-order valence-corrected chi connectivity index (χ1v) is 9.48. The zero-order chi connectivity index (χ0) is 18.7. The summed E-state index contributed by atoms with van der Waals surface area (Å²) >= 11 is 0. The Balaban J connectivity index is 1.80. The highest BCUT2D eigenvalue weighted by atomic mass is 32.2. The number of epoxide rings is 1. The minimum Gasteiger partial charge on any atom is -0.484 e. The highest BCUT2D eigenvalue weighted by molar-refractivity contribution is 7.90. The van der Waals surface area contributed by atoms with Gasteiger partial charge in [-0.3, -0.25) is 0 Å². The molecule has 0 aromatic heterocycles. The van der Waals surface area contributed by atoms with Crippen LogP contribution in [-0.2, 0) is 20.4 Å². The van der Waals surface area contributed by atoms with Crippen LogP contribution in [0.25, 0.3) is 0 Å². The van der Waals surface area contributed by atoms with Gasteiger partial charge in [-0.2, -0.15) is 0 Å². The molecule has 26 heavy (non-hydrogen) atoms. The third-order valence-electron chi connectivity index (χ3n) is 4.87. The van der Waals surface area contributed by atoms with Gasteiger partial charge in [0, 0.05) is 5.56 Å². The molecule has 2 aromatic rings. The molecule has 0 bridgehead atoms. The lowest BCUT2D eigenvalue weighted by atomic mass is 9.77. The average molecular weight is 375 g/mol. The summed E-state index contributed by atoms with van der Waals surface area (Å²) in [5.41, 5.74) is 0.147. The third kappa shape index (κ3) is 2.29. The van der Waals surface area contributed by atoms with Crippen LogP contribution in [0.1, 0.15) is 31.1 Å². The molecule has 2 atom stereocenters. The Bertz CT molecular complexity index is 1000. The van der Waals surface area contributed by atoms with Crippen molar-refractivity contribution in [2.75, 3.05) is 0 Å². The average Bonchev–Trinajstić information content (AvgIpc) is 3.32. The summed E-state index contributed by atoms with van der Waals surface area (Å²) < 4.78 is 38.0. The SMILES string of the molecule is CC1(C)Oc2ccc(S(=O)(=O)NC(=O)O)cc2C2OC21c1ccccc1. The molecule has 0 radical (unpaired) electrons. The van der Waals surface area contributed by atoms with E-state index < -0.39 is 27.3 Å². The van der Waals surface area contributed by atoms with E-state index in [4.69, 9.17) is 14.6 Å². The molecule has 136 valence electrons. The second kappa shape index (κ2) is 5.21. The summed E-state index contributed by atoms with van der Waals surface area (Å²) in [6, 6.07) is 13.9. The first-order valence-electron chi connectivity index (χ1n) is 7.99. The number of rotatable bonds is 3. The number of hydrogen-bond donors (Lipinski definition) is 2. The van der Waals surface area contributed by atoms with Gasteiger partial charge in [-0.05, 0) is 37.6 Å². The van der Waals surface area contributed by atoms with E-state index in [9.17, 15) is 13.2 Å². The Labute approximate surface area is 150 Å². The van der Waals surface area contributed by atoms with Crippen molar-refractivity contribution in [3.63, 3.8) is 0 Å². The number of hydrogen-bond acceptors (Lipinski definition) is 5. The van der Waals surface area contributed by atoms with E-state index in [1.165, 1.54) is 22.9 Å². The van der Waals surface area contributed by atoms with Crippen LogP contribution in [0.3, 0.4) is 0 Å². The molecular formula is C18H17NO6S. The Morgan fingerprint density at radius 1 is 1.15 bits per heavy atom. The van der Waals surface area contributed by atoms with E-state index in [0.29, 0.717) is 11.3 Å². The fraction of sp³-hybridized carbons (Fsp3) is 0.278. The Morgan fingerprint density at radius 3 is 2.50 bits per heavy atom. The Hall–Kier alpha value is -2.58. The molecule has 2 N–H and O–H groups in total. The third-order valence-corrected chi connectivity index (χ3v) is 6.19. The summed E-state index contributed by atoms with van der Waals surface area (Å²) in [4.78, 5) is 10.6. The van der Waals surface area contributed by atoms with Gasteiger partial charge in [-0.15, -0.1) is 0 Å². The van der Waals surface area contributed by atoms with Crippen molar-refractivity contribution in [3.05, 3.63) is 59.7 Å². The van der Waals surface area contributed by atoms with E-state index in [2.05, 4.69) is 0 Å². The van der Waals surface area contributed by atoms with Crippen molar-refractivity contribution in [3.8, 4) is 5.75 Å². The van der Waals surface area contributed by atoms with E-state index in [1.54, 1.807) is 0 Å². The Morgan fingerprint density at radius 2 is 1.85 bits per heavy atom. The molecule has 0 aliphatic carbocycles. The predicted octanol–water partition coefficient (Wildman–Crippen LogP) is 2.78. The van der Waals surface area contributed by atoms with Crippen molar-refractivity contribution >= 4 is 16.1 Å². The highest BCUT2D eigenvalue weighted by Crippen LogP contribution is 2.67. The van der Waals surface area contributed by atoms with Gasteiger partial charge in [0.2, 0.25) is 0 Å². The van der Waals surface area contributed by atoms with Gasteiger partial charge in [-0.1, -0.05) is 30.3 Å². The standard InChI is InChI=1S/C18H17NO6S/c1-17(2)18(11-6-4-3-5-7-11)15(25-18)13-10-12(8-9-14(13)24-17)26(22,23)19-16(20)21/h3-10,15,19H,1-2H3,(H,20,21). The molecule has 1 amide bonds. The summed E-state index contributed by atoms with van der Waals surface area (Å²) in [6.45, 7) is 3.86. The van der Waals surface area contributed by atoms with Crippen LogP contribution in [0.15, 0.2) is 53.4 Å². The first kappa shape index (κ1) is 16.9. The molecule has 2 heterocycles. The first-order chi connectivity index (χ1) is 12.2. The van der Waals surface area contributed by atoms with Gasteiger partial charge in [0.25, 0.3) is 10.0 Å². The number of fused-ring (bicyclic) bond motifs is 3. The van der Waals surface area contributed by atoms with Gasteiger partial charge in [0.1, 0.15) is 17.5 Å². The topological polar surface area (TPSA) is 105 Å². The number of ether oxygens (including phenoxy) is 2. The van der Waals surface area contributed by atoms with E-state index >= 15 is 0 Å². The zero-order valence-corrected chi connectivity index (χ0v) is 14.9. The number of amides is 1. The maximum absolute atomic E-state index is 12.2. The van der Waals surface area contributed by atoms with E-state index in [0.717, 1.165) is 5.56 Å². The lowest BCUT2D eigenvalue weighted by Gasteiger charge is -2.37. The molecule has 4 rings (SSSR count). The summed E-state index contributed by atoms with van der Waals surface area (Å²) in [6.07, 6.45) is -2.01. The van der Waals surface area contributed by atoms with Crippen LogP contribution in [0.5, 0.6) is 5.75 Å². The summed E-state index contributed by atoms with van der Waals surface area (Å²) in [7, 11) is -4.17. The van der Waals surface area contributed by atoms with E-state index in [1.807, 2.05) is 44.2 Å². The lowest BCUT2D eigenvalue weighted by molar-refractivity contribution is 0.0124. The molecule has 2 aromatic carbocycles. The van der Waals surface area contributed by atoms with Crippen molar-refractivity contribution in [1.82, 2.24) is 4.72 Å². The van der Waals surface area contributed by atoms with Gasteiger partial charge in [0.05, 0.1) is 4.90 Å².